The highest BCUT2D eigenvalue weighted by Crippen LogP contribution is 2.25. The Morgan fingerprint density at radius 1 is 1.23 bits per heavy atom. The van der Waals surface area contributed by atoms with Gasteiger partial charge in [-0.2, -0.15) is 0 Å². The second-order valence-corrected chi connectivity index (χ2v) is 9.64. The second kappa shape index (κ2) is 9.65. The van der Waals surface area contributed by atoms with E-state index in [1.165, 1.54) is 6.20 Å². The van der Waals surface area contributed by atoms with Crippen molar-refractivity contribution >= 4 is 27.4 Å². The van der Waals surface area contributed by atoms with Gasteiger partial charge in [0.1, 0.15) is 5.82 Å². The lowest BCUT2D eigenvalue weighted by atomic mass is 10.1. The zero-order valence-corrected chi connectivity index (χ0v) is 19.3. The summed E-state index contributed by atoms with van der Waals surface area (Å²) >= 11 is 0. The zero-order chi connectivity index (χ0) is 22.6. The molecule has 1 saturated heterocycles. The first-order valence-electron chi connectivity index (χ1n) is 10.6. The molecule has 1 aliphatic heterocycles. The van der Waals surface area contributed by atoms with Crippen LogP contribution in [-0.2, 0) is 10.0 Å². The van der Waals surface area contributed by atoms with Gasteiger partial charge in [0.25, 0.3) is 15.9 Å². The highest BCUT2D eigenvalue weighted by Gasteiger charge is 2.23. The van der Waals surface area contributed by atoms with E-state index in [0.717, 1.165) is 38.2 Å². The van der Waals surface area contributed by atoms with Crippen LogP contribution in [0.3, 0.4) is 0 Å². The molecular formula is C22H31N5O3S. The van der Waals surface area contributed by atoms with Crippen molar-refractivity contribution < 1.29 is 13.2 Å². The Morgan fingerprint density at radius 3 is 2.61 bits per heavy atom. The summed E-state index contributed by atoms with van der Waals surface area (Å²) in [6.45, 7) is 10.6. The van der Waals surface area contributed by atoms with Crippen molar-refractivity contribution in [3.63, 3.8) is 0 Å². The Balaban J connectivity index is 1.96. The van der Waals surface area contributed by atoms with Gasteiger partial charge in [-0.05, 0) is 50.5 Å². The SMILES string of the molecule is CCC(C)NC(=O)c1cc(NS(=O)(=O)c2cc(C)ccc2C)cnc1N1CCNCC1. The quantitative estimate of drug-likeness (QED) is 0.605. The van der Waals surface area contributed by atoms with Crippen LogP contribution in [0, 0.1) is 13.8 Å². The number of amides is 1. The molecule has 3 N–H and O–H groups in total. The van der Waals surface area contributed by atoms with Gasteiger partial charge in [0.15, 0.2) is 0 Å². The van der Waals surface area contributed by atoms with Crippen molar-refractivity contribution in [1.82, 2.24) is 15.6 Å². The van der Waals surface area contributed by atoms with E-state index in [1.54, 1.807) is 25.1 Å². The van der Waals surface area contributed by atoms with Gasteiger partial charge in [0, 0.05) is 32.2 Å². The summed E-state index contributed by atoms with van der Waals surface area (Å²) in [5, 5.41) is 6.25. The van der Waals surface area contributed by atoms with Crippen molar-refractivity contribution in [3.8, 4) is 0 Å². The number of nitrogens with zero attached hydrogens (tertiary/aromatic N) is 2. The van der Waals surface area contributed by atoms with Crippen LogP contribution in [-0.4, -0.2) is 51.5 Å². The third-order valence-electron chi connectivity index (χ3n) is 5.40. The smallest absolute Gasteiger partial charge is 0.262 e. The molecule has 0 radical (unpaired) electrons. The number of anilines is 2. The third kappa shape index (κ3) is 5.54. The molecule has 0 aliphatic carbocycles. The molecular weight excluding hydrogens is 414 g/mol. The summed E-state index contributed by atoms with van der Waals surface area (Å²) in [6.07, 6.45) is 2.27. The number of carbonyl (C=O) groups excluding carboxylic acids is 1. The Hall–Kier alpha value is -2.65. The minimum Gasteiger partial charge on any atom is -0.353 e. The molecule has 1 aromatic heterocycles. The normalized spacial score (nSPS) is 15.4. The largest absolute Gasteiger partial charge is 0.353 e. The number of piperazine rings is 1. The van der Waals surface area contributed by atoms with Crippen molar-refractivity contribution in [2.75, 3.05) is 35.8 Å². The Bertz CT molecular complexity index is 1050. The van der Waals surface area contributed by atoms with Gasteiger partial charge in [-0.15, -0.1) is 0 Å². The summed E-state index contributed by atoms with van der Waals surface area (Å²) in [4.78, 5) is 19.7. The van der Waals surface area contributed by atoms with Crippen LogP contribution < -0.4 is 20.3 Å². The van der Waals surface area contributed by atoms with Crippen LogP contribution in [0.1, 0.15) is 41.8 Å². The van der Waals surface area contributed by atoms with Crippen molar-refractivity contribution in [2.24, 2.45) is 0 Å². The van der Waals surface area contributed by atoms with Crippen LogP contribution >= 0.6 is 0 Å². The molecule has 168 valence electrons. The maximum Gasteiger partial charge on any atom is 0.262 e. The molecule has 1 aliphatic rings. The maximum absolute atomic E-state index is 13.0. The predicted octanol–water partition coefficient (Wildman–Crippen LogP) is 2.44. The van der Waals surface area contributed by atoms with Crippen molar-refractivity contribution in [3.05, 3.63) is 47.2 Å². The minimum absolute atomic E-state index is 0.00124. The van der Waals surface area contributed by atoms with Crippen molar-refractivity contribution in [1.29, 1.82) is 0 Å². The molecule has 0 bridgehead atoms. The molecule has 3 rings (SSSR count). The topological polar surface area (TPSA) is 103 Å². The van der Waals surface area contributed by atoms with Gasteiger partial charge in [0.05, 0.1) is 22.3 Å². The summed E-state index contributed by atoms with van der Waals surface area (Å²) in [5.41, 5.74) is 2.13. The van der Waals surface area contributed by atoms with E-state index in [1.807, 2.05) is 31.7 Å². The summed E-state index contributed by atoms with van der Waals surface area (Å²) in [5.74, 6) is 0.306. The number of aromatic nitrogens is 1. The molecule has 2 aromatic rings. The first-order chi connectivity index (χ1) is 14.7. The zero-order valence-electron chi connectivity index (χ0n) is 18.5. The summed E-state index contributed by atoms with van der Waals surface area (Å²) in [6, 6.07) is 6.86. The molecule has 1 aromatic carbocycles. The number of carbonyl (C=O) groups is 1. The van der Waals surface area contributed by atoms with Crippen molar-refractivity contribution in [2.45, 2.75) is 45.1 Å². The van der Waals surface area contributed by atoms with E-state index in [0.29, 0.717) is 16.9 Å². The van der Waals surface area contributed by atoms with E-state index < -0.39 is 10.0 Å². The Kier molecular flexibility index (Phi) is 7.17. The number of hydrogen-bond acceptors (Lipinski definition) is 6. The predicted molar refractivity (Wildman–Crippen MR) is 123 cm³/mol. The summed E-state index contributed by atoms with van der Waals surface area (Å²) < 4.78 is 28.6. The number of rotatable bonds is 7. The molecule has 9 heteroatoms. The van der Waals surface area contributed by atoms with E-state index >= 15 is 0 Å². The van der Waals surface area contributed by atoms with Gasteiger partial charge in [-0.1, -0.05) is 19.1 Å². The van der Waals surface area contributed by atoms with Crippen LogP contribution in [0.2, 0.25) is 0 Å². The number of sulfonamides is 1. The number of nitrogens with one attached hydrogen (secondary N) is 3. The monoisotopic (exact) mass is 445 g/mol. The molecule has 0 saturated carbocycles. The fourth-order valence-corrected chi connectivity index (χ4v) is 4.78. The van der Waals surface area contributed by atoms with Crippen LogP contribution in [0.25, 0.3) is 0 Å². The molecule has 31 heavy (non-hydrogen) atoms. The lowest BCUT2D eigenvalue weighted by Gasteiger charge is -2.30. The van der Waals surface area contributed by atoms with Gasteiger partial charge >= 0.3 is 0 Å². The molecule has 1 atom stereocenters. The van der Waals surface area contributed by atoms with Gasteiger partial charge in [-0.25, -0.2) is 13.4 Å². The van der Waals surface area contributed by atoms with E-state index in [4.69, 9.17) is 0 Å². The number of benzene rings is 1. The fraction of sp³-hybridized carbons (Fsp3) is 0.455. The van der Waals surface area contributed by atoms with Gasteiger partial charge in [0.2, 0.25) is 0 Å². The Morgan fingerprint density at radius 2 is 1.94 bits per heavy atom. The molecule has 1 unspecified atom stereocenters. The van der Waals surface area contributed by atoms with E-state index in [-0.39, 0.29) is 22.5 Å². The average Bonchev–Trinajstić information content (AvgIpc) is 2.75. The third-order valence-corrected chi connectivity index (χ3v) is 6.93. The minimum atomic E-state index is -3.82. The molecule has 1 amide bonds. The van der Waals surface area contributed by atoms with E-state index in [2.05, 4.69) is 20.3 Å². The first-order valence-corrected chi connectivity index (χ1v) is 12.1. The van der Waals surface area contributed by atoms with Gasteiger partial charge < -0.3 is 15.5 Å². The van der Waals surface area contributed by atoms with Crippen LogP contribution in [0.15, 0.2) is 35.4 Å². The van der Waals surface area contributed by atoms with Crippen LogP contribution in [0.4, 0.5) is 11.5 Å². The molecule has 2 heterocycles. The average molecular weight is 446 g/mol. The number of pyridine rings is 1. The highest BCUT2D eigenvalue weighted by molar-refractivity contribution is 7.92. The summed E-state index contributed by atoms with van der Waals surface area (Å²) in [7, 11) is -3.82. The maximum atomic E-state index is 13.0. The first kappa shape index (κ1) is 23.0. The molecule has 0 spiro atoms. The lowest BCUT2D eigenvalue weighted by molar-refractivity contribution is 0.0939. The van der Waals surface area contributed by atoms with E-state index in [9.17, 15) is 13.2 Å². The highest BCUT2D eigenvalue weighted by atomic mass is 32.2. The Labute approximate surface area is 184 Å². The fourth-order valence-electron chi connectivity index (χ4n) is 3.42. The molecule has 1 fully saturated rings. The molecule has 8 nitrogen and oxygen atoms in total. The standard InChI is InChI=1S/C22H31N5O3S/c1-5-17(4)25-22(28)19-13-18(14-24-21(19)27-10-8-23-9-11-27)26-31(29,30)20-12-15(2)6-7-16(20)3/h6-7,12-14,17,23,26H,5,8-11H2,1-4H3,(H,25,28). The van der Waals surface area contributed by atoms with Crippen LogP contribution in [0.5, 0.6) is 0 Å². The number of hydrogen-bond donors (Lipinski definition) is 3. The lowest BCUT2D eigenvalue weighted by Crippen LogP contribution is -2.45. The second-order valence-electron chi connectivity index (χ2n) is 7.99. The number of aryl methyl sites for hydroxylation is 2. The van der Waals surface area contributed by atoms with Gasteiger partial charge in [-0.3, -0.25) is 9.52 Å².